The summed E-state index contributed by atoms with van der Waals surface area (Å²) >= 11 is 0. The van der Waals surface area contributed by atoms with Gasteiger partial charge >= 0.3 is 0 Å². The third-order valence-electron chi connectivity index (χ3n) is 5.94. The van der Waals surface area contributed by atoms with Crippen molar-refractivity contribution in [2.75, 3.05) is 39.3 Å². The second kappa shape index (κ2) is 7.55. The van der Waals surface area contributed by atoms with Crippen LogP contribution < -0.4 is 0 Å². The summed E-state index contributed by atoms with van der Waals surface area (Å²) in [5.41, 5.74) is 1.68. The van der Waals surface area contributed by atoms with Crippen LogP contribution in [0.2, 0.25) is 0 Å². The van der Waals surface area contributed by atoms with E-state index in [1.165, 1.54) is 25.7 Å². The fraction of sp³-hybridized carbons (Fsp3) is 0.810. The highest BCUT2D eigenvalue weighted by Crippen LogP contribution is 2.40. The van der Waals surface area contributed by atoms with E-state index >= 15 is 0 Å². The number of ether oxygens (including phenoxy) is 1. The Morgan fingerprint density at radius 3 is 2.63 bits per heavy atom. The Balaban J connectivity index is 1.44. The molecule has 1 aliphatic carbocycles. The van der Waals surface area contributed by atoms with Gasteiger partial charge < -0.3 is 9.64 Å². The van der Waals surface area contributed by atoms with Crippen molar-refractivity contribution in [2.45, 2.75) is 70.4 Å². The normalized spacial score (nSPS) is 25.0. The van der Waals surface area contributed by atoms with Crippen molar-refractivity contribution in [3.8, 4) is 0 Å². The lowest BCUT2D eigenvalue weighted by atomic mass is 10.1. The number of nitrogens with zero attached hydrogens (tertiary/aromatic N) is 4. The zero-order chi connectivity index (χ0) is 19.0. The van der Waals surface area contributed by atoms with Crippen LogP contribution in [0.15, 0.2) is 6.07 Å². The van der Waals surface area contributed by atoms with Crippen LogP contribution in [-0.2, 0) is 10.3 Å². The molecule has 0 N–H and O–H groups in total. The fourth-order valence-corrected chi connectivity index (χ4v) is 4.24. The molecule has 6 heteroatoms. The van der Waals surface area contributed by atoms with Crippen molar-refractivity contribution in [3.63, 3.8) is 0 Å². The van der Waals surface area contributed by atoms with Crippen LogP contribution in [0.4, 0.5) is 0 Å². The van der Waals surface area contributed by atoms with Crippen LogP contribution in [0.1, 0.15) is 75.0 Å². The van der Waals surface area contributed by atoms with Gasteiger partial charge in [0, 0.05) is 38.7 Å². The van der Waals surface area contributed by atoms with Gasteiger partial charge in [-0.1, -0.05) is 0 Å². The van der Waals surface area contributed by atoms with Gasteiger partial charge in [-0.25, -0.2) is 0 Å². The van der Waals surface area contributed by atoms with Crippen molar-refractivity contribution >= 4 is 5.91 Å². The average Bonchev–Trinajstić information content (AvgIpc) is 3.23. The van der Waals surface area contributed by atoms with Gasteiger partial charge in [0.1, 0.15) is 5.69 Å². The maximum atomic E-state index is 13.3. The summed E-state index contributed by atoms with van der Waals surface area (Å²) in [6.07, 6.45) is 6.18. The van der Waals surface area contributed by atoms with E-state index in [4.69, 9.17) is 9.84 Å². The first-order chi connectivity index (χ1) is 12.9. The Morgan fingerprint density at radius 1 is 1.15 bits per heavy atom. The van der Waals surface area contributed by atoms with Gasteiger partial charge in [0.05, 0.1) is 17.3 Å². The summed E-state index contributed by atoms with van der Waals surface area (Å²) in [5, 5.41) is 4.81. The van der Waals surface area contributed by atoms with Gasteiger partial charge in [-0.2, -0.15) is 5.10 Å². The second-order valence-electron chi connectivity index (χ2n) is 9.39. The van der Waals surface area contributed by atoms with E-state index in [1.54, 1.807) is 0 Å². The molecule has 0 aromatic carbocycles. The lowest BCUT2D eigenvalue weighted by Crippen LogP contribution is -2.39. The van der Waals surface area contributed by atoms with E-state index in [-0.39, 0.29) is 11.4 Å². The largest absolute Gasteiger partial charge is 0.377 e. The summed E-state index contributed by atoms with van der Waals surface area (Å²) in [6, 6.07) is 2.06. The quantitative estimate of drug-likeness (QED) is 0.813. The number of rotatable bonds is 4. The number of carbonyl (C=O) groups excluding carboxylic acids is 1. The van der Waals surface area contributed by atoms with Crippen molar-refractivity contribution in [3.05, 3.63) is 17.5 Å². The lowest BCUT2D eigenvalue weighted by Gasteiger charge is -2.26. The molecule has 1 unspecified atom stereocenters. The second-order valence-corrected chi connectivity index (χ2v) is 9.39. The van der Waals surface area contributed by atoms with Gasteiger partial charge in [-0.3, -0.25) is 14.4 Å². The number of amides is 1. The van der Waals surface area contributed by atoms with Crippen LogP contribution >= 0.6 is 0 Å². The molecule has 1 aromatic heterocycles. The highest BCUT2D eigenvalue weighted by Gasteiger charge is 2.33. The molecule has 3 heterocycles. The molecular weight excluding hydrogens is 340 g/mol. The van der Waals surface area contributed by atoms with Crippen LogP contribution in [0, 0.1) is 0 Å². The lowest BCUT2D eigenvalue weighted by molar-refractivity contribution is 0.0694. The van der Waals surface area contributed by atoms with Crippen LogP contribution in [0.3, 0.4) is 0 Å². The first kappa shape index (κ1) is 18.9. The minimum Gasteiger partial charge on any atom is -0.377 e. The number of aromatic nitrogens is 2. The van der Waals surface area contributed by atoms with Gasteiger partial charge in [0.25, 0.3) is 5.91 Å². The molecule has 6 nitrogen and oxygen atoms in total. The Kier molecular flexibility index (Phi) is 5.30. The molecule has 1 atom stereocenters. The Labute approximate surface area is 162 Å². The zero-order valence-electron chi connectivity index (χ0n) is 17.1. The van der Waals surface area contributed by atoms with Crippen molar-refractivity contribution in [1.29, 1.82) is 0 Å². The van der Waals surface area contributed by atoms with Crippen molar-refractivity contribution in [2.24, 2.45) is 0 Å². The summed E-state index contributed by atoms with van der Waals surface area (Å²) < 4.78 is 7.75. The van der Waals surface area contributed by atoms with Gasteiger partial charge in [0.15, 0.2) is 0 Å². The zero-order valence-corrected chi connectivity index (χ0v) is 17.1. The number of hydrogen-bond acceptors (Lipinski definition) is 4. The predicted octanol–water partition coefficient (Wildman–Crippen LogP) is 2.84. The number of carbonyl (C=O) groups is 1. The summed E-state index contributed by atoms with van der Waals surface area (Å²) in [6.45, 7) is 11.9. The average molecular weight is 375 g/mol. The van der Waals surface area contributed by atoms with Crippen molar-refractivity contribution in [1.82, 2.24) is 19.6 Å². The van der Waals surface area contributed by atoms with E-state index < -0.39 is 0 Å². The van der Waals surface area contributed by atoms with Crippen LogP contribution in [0.25, 0.3) is 0 Å². The summed E-state index contributed by atoms with van der Waals surface area (Å²) in [7, 11) is 0. The molecule has 2 aliphatic heterocycles. The minimum absolute atomic E-state index is 0.142. The Hall–Kier alpha value is -1.40. The van der Waals surface area contributed by atoms with E-state index in [0.29, 0.717) is 12.0 Å². The molecular formula is C21H34N4O2. The molecule has 1 aromatic rings. The molecule has 1 amide bonds. The minimum atomic E-state index is -0.185. The molecule has 0 radical (unpaired) electrons. The molecule has 3 aliphatic rings. The first-order valence-corrected chi connectivity index (χ1v) is 10.7. The van der Waals surface area contributed by atoms with Crippen LogP contribution in [-0.4, -0.2) is 70.9 Å². The summed E-state index contributed by atoms with van der Waals surface area (Å²) in [4.78, 5) is 17.9. The predicted molar refractivity (Wildman–Crippen MR) is 105 cm³/mol. The summed E-state index contributed by atoms with van der Waals surface area (Å²) in [5.74, 6) is 0.703. The third-order valence-corrected chi connectivity index (χ3v) is 5.94. The van der Waals surface area contributed by atoms with E-state index in [9.17, 15) is 4.79 Å². The smallest absolute Gasteiger partial charge is 0.272 e. The van der Waals surface area contributed by atoms with E-state index in [2.05, 4.69) is 31.7 Å². The third kappa shape index (κ3) is 4.37. The van der Waals surface area contributed by atoms with Gasteiger partial charge in [0.2, 0.25) is 0 Å². The monoisotopic (exact) mass is 374 g/mol. The maximum absolute atomic E-state index is 13.3. The maximum Gasteiger partial charge on any atom is 0.272 e. The molecule has 0 bridgehead atoms. The van der Waals surface area contributed by atoms with Crippen LogP contribution in [0.5, 0.6) is 0 Å². The Bertz CT molecular complexity index is 668. The van der Waals surface area contributed by atoms with E-state index in [1.807, 2.05) is 9.58 Å². The first-order valence-electron chi connectivity index (χ1n) is 10.7. The SMILES string of the molecule is CC(C)(C)n1nc(C2CC2)cc1C(=O)N1CCCN(CC2CCCO2)CC1. The van der Waals surface area contributed by atoms with Gasteiger partial charge in [-0.15, -0.1) is 0 Å². The molecule has 4 rings (SSSR count). The van der Waals surface area contributed by atoms with E-state index in [0.717, 1.165) is 57.1 Å². The highest BCUT2D eigenvalue weighted by molar-refractivity contribution is 5.93. The van der Waals surface area contributed by atoms with Crippen molar-refractivity contribution < 1.29 is 9.53 Å². The highest BCUT2D eigenvalue weighted by atomic mass is 16.5. The molecule has 27 heavy (non-hydrogen) atoms. The molecule has 0 spiro atoms. The standard InChI is InChI=1S/C21H34N4O2/c1-21(2,3)25-19(14-18(22-25)16-7-8-16)20(26)24-10-5-9-23(11-12-24)15-17-6-4-13-27-17/h14,16-17H,4-13,15H2,1-3H3. The Morgan fingerprint density at radius 2 is 1.96 bits per heavy atom. The fourth-order valence-electron chi connectivity index (χ4n) is 4.24. The topological polar surface area (TPSA) is 50.6 Å². The molecule has 3 fully saturated rings. The molecule has 2 saturated heterocycles. The van der Waals surface area contributed by atoms with Gasteiger partial charge in [-0.05, 0) is 65.5 Å². The molecule has 1 saturated carbocycles. The molecule has 150 valence electrons. The number of hydrogen-bond donors (Lipinski definition) is 0.